The van der Waals surface area contributed by atoms with Crippen molar-refractivity contribution in [3.05, 3.63) is 65.0 Å². The highest BCUT2D eigenvalue weighted by Crippen LogP contribution is 2.39. The van der Waals surface area contributed by atoms with E-state index >= 15 is 0 Å². The van der Waals surface area contributed by atoms with Gasteiger partial charge in [-0.15, -0.1) is 11.3 Å². The molecule has 0 atom stereocenters. The first-order chi connectivity index (χ1) is 12.8. The summed E-state index contributed by atoms with van der Waals surface area (Å²) in [7, 11) is -2.02. The summed E-state index contributed by atoms with van der Waals surface area (Å²) in [5.41, 5.74) is 2.26. The molecule has 3 aromatic rings. The number of fused-ring (bicyclic) bond motifs is 2. The number of aryl methyl sites for hydroxylation is 1. The van der Waals surface area contributed by atoms with E-state index in [1.807, 2.05) is 25.1 Å². The topological polar surface area (TPSA) is 75.7 Å². The number of nitrogens with zero attached hydrogens (tertiary/aromatic N) is 1. The van der Waals surface area contributed by atoms with Crippen LogP contribution in [0.3, 0.4) is 0 Å². The molecule has 2 heterocycles. The molecule has 0 unspecified atom stereocenters. The summed E-state index contributed by atoms with van der Waals surface area (Å²) in [5.74, 6) is 0.683. The minimum absolute atomic E-state index is 0.208. The van der Waals surface area contributed by atoms with Gasteiger partial charge in [-0.25, -0.2) is 8.42 Å². The molecule has 0 bridgehead atoms. The minimum atomic E-state index is -3.69. The van der Waals surface area contributed by atoms with Gasteiger partial charge in [-0.3, -0.25) is 9.52 Å². The van der Waals surface area contributed by atoms with Crippen LogP contribution < -0.4 is 14.4 Å². The van der Waals surface area contributed by atoms with Gasteiger partial charge in [0, 0.05) is 12.7 Å². The van der Waals surface area contributed by atoms with E-state index in [0.29, 0.717) is 22.9 Å². The molecule has 6 nitrogen and oxygen atoms in total. The maximum absolute atomic E-state index is 12.9. The summed E-state index contributed by atoms with van der Waals surface area (Å²) >= 11 is 1.12. The Morgan fingerprint density at radius 3 is 2.59 bits per heavy atom. The van der Waals surface area contributed by atoms with Crippen molar-refractivity contribution in [2.24, 2.45) is 0 Å². The number of benzene rings is 2. The van der Waals surface area contributed by atoms with Gasteiger partial charge in [-0.2, -0.15) is 0 Å². The Labute approximate surface area is 161 Å². The molecule has 138 valence electrons. The molecule has 0 aliphatic carbocycles. The summed E-state index contributed by atoms with van der Waals surface area (Å²) in [4.78, 5) is 14.4. The Morgan fingerprint density at radius 1 is 1.07 bits per heavy atom. The second-order valence-electron chi connectivity index (χ2n) is 6.19. The van der Waals surface area contributed by atoms with Crippen LogP contribution in [-0.2, 0) is 10.0 Å². The predicted molar refractivity (Wildman–Crippen MR) is 106 cm³/mol. The van der Waals surface area contributed by atoms with E-state index in [-0.39, 0.29) is 15.7 Å². The van der Waals surface area contributed by atoms with E-state index in [1.54, 1.807) is 30.6 Å². The van der Waals surface area contributed by atoms with Gasteiger partial charge in [-0.1, -0.05) is 12.1 Å². The molecule has 1 aromatic heterocycles. The van der Waals surface area contributed by atoms with Crippen LogP contribution in [-0.4, -0.2) is 21.4 Å². The lowest BCUT2D eigenvalue weighted by Gasteiger charge is -2.16. The van der Waals surface area contributed by atoms with Gasteiger partial charge >= 0.3 is 0 Å². The summed E-state index contributed by atoms with van der Waals surface area (Å²) in [6.45, 7) is 1.94. The third kappa shape index (κ3) is 3.17. The molecule has 1 aliphatic rings. The van der Waals surface area contributed by atoms with Gasteiger partial charge in [0.15, 0.2) is 5.75 Å². The van der Waals surface area contributed by atoms with Crippen molar-refractivity contribution in [1.29, 1.82) is 0 Å². The molecule has 0 saturated heterocycles. The highest BCUT2D eigenvalue weighted by molar-refractivity contribution is 7.94. The van der Waals surface area contributed by atoms with E-state index < -0.39 is 10.0 Å². The Balaban J connectivity index is 1.73. The van der Waals surface area contributed by atoms with Crippen molar-refractivity contribution in [1.82, 2.24) is 0 Å². The molecule has 1 aliphatic heterocycles. The highest BCUT2D eigenvalue weighted by Gasteiger charge is 2.27. The molecule has 0 fully saturated rings. The van der Waals surface area contributed by atoms with Crippen molar-refractivity contribution in [3.8, 4) is 11.5 Å². The van der Waals surface area contributed by atoms with Crippen molar-refractivity contribution >= 4 is 38.6 Å². The maximum atomic E-state index is 12.9. The van der Waals surface area contributed by atoms with E-state index in [0.717, 1.165) is 16.9 Å². The second-order valence-corrected chi connectivity index (χ2v) is 9.04. The third-order valence-electron chi connectivity index (χ3n) is 4.22. The fraction of sp³-hybridized carbons (Fsp3) is 0.105. The molecule has 4 rings (SSSR count). The lowest BCUT2D eigenvalue weighted by molar-refractivity contribution is 0.0993. The number of rotatable bonds is 3. The van der Waals surface area contributed by atoms with Crippen LogP contribution in [0.4, 0.5) is 11.4 Å². The first-order valence-corrected chi connectivity index (χ1v) is 10.5. The van der Waals surface area contributed by atoms with Crippen molar-refractivity contribution in [2.75, 3.05) is 16.7 Å². The summed E-state index contributed by atoms with van der Waals surface area (Å²) in [5, 5.41) is 1.69. The van der Waals surface area contributed by atoms with E-state index in [2.05, 4.69) is 4.72 Å². The van der Waals surface area contributed by atoms with Gasteiger partial charge in [0.25, 0.3) is 15.9 Å². The van der Waals surface area contributed by atoms with E-state index in [9.17, 15) is 13.2 Å². The molecule has 0 saturated carbocycles. The van der Waals surface area contributed by atoms with Crippen LogP contribution in [0.5, 0.6) is 11.5 Å². The van der Waals surface area contributed by atoms with Gasteiger partial charge in [0.1, 0.15) is 9.96 Å². The van der Waals surface area contributed by atoms with Gasteiger partial charge in [0.05, 0.1) is 11.3 Å². The molecule has 2 aromatic carbocycles. The van der Waals surface area contributed by atoms with Gasteiger partial charge in [-0.05, 0) is 54.3 Å². The fourth-order valence-corrected chi connectivity index (χ4v) is 4.90. The molecule has 8 heteroatoms. The standard InChI is InChI=1S/C19H16N2O4S2/c1-12-5-7-17-15(10-12)21(2)19(22)14-11-13(6-8-16(14)25-17)20-27(23,24)18-4-3-9-26-18/h3-11,20H,1-2H3. The molecule has 1 amide bonds. The van der Waals surface area contributed by atoms with Crippen LogP contribution in [0, 0.1) is 6.92 Å². The van der Waals surface area contributed by atoms with Gasteiger partial charge in [0.2, 0.25) is 0 Å². The Hall–Kier alpha value is -2.84. The first-order valence-electron chi connectivity index (χ1n) is 8.12. The van der Waals surface area contributed by atoms with Crippen LogP contribution in [0.1, 0.15) is 15.9 Å². The Bertz CT molecular complexity index is 1140. The number of hydrogen-bond donors (Lipinski definition) is 1. The molecular formula is C19H16N2O4S2. The molecular weight excluding hydrogens is 384 g/mol. The summed E-state index contributed by atoms with van der Waals surface area (Å²) in [6, 6.07) is 13.5. The molecule has 0 spiro atoms. The van der Waals surface area contributed by atoms with Crippen molar-refractivity contribution in [3.63, 3.8) is 0 Å². The van der Waals surface area contributed by atoms with E-state index in [4.69, 9.17) is 4.74 Å². The number of nitrogens with one attached hydrogen (secondary N) is 1. The predicted octanol–water partition coefficient (Wildman–Crippen LogP) is 4.24. The largest absolute Gasteiger partial charge is 0.454 e. The van der Waals surface area contributed by atoms with Crippen molar-refractivity contribution < 1.29 is 17.9 Å². The lowest BCUT2D eigenvalue weighted by Crippen LogP contribution is -2.25. The zero-order valence-electron chi connectivity index (χ0n) is 14.6. The van der Waals surface area contributed by atoms with E-state index in [1.165, 1.54) is 17.0 Å². The monoisotopic (exact) mass is 400 g/mol. The minimum Gasteiger partial charge on any atom is -0.454 e. The second kappa shape index (κ2) is 6.40. The van der Waals surface area contributed by atoms with Crippen LogP contribution in [0.25, 0.3) is 0 Å². The third-order valence-corrected chi connectivity index (χ3v) is 7.00. The maximum Gasteiger partial charge on any atom is 0.271 e. The molecule has 27 heavy (non-hydrogen) atoms. The number of carbonyl (C=O) groups is 1. The Morgan fingerprint density at radius 2 is 1.85 bits per heavy atom. The normalized spacial score (nSPS) is 13.4. The zero-order chi connectivity index (χ0) is 19.2. The molecule has 1 N–H and O–H groups in total. The average molecular weight is 400 g/mol. The fourth-order valence-electron chi connectivity index (χ4n) is 2.86. The number of carbonyl (C=O) groups excluding carboxylic acids is 1. The van der Waals surface area contributed by atoms with Crippen LogP contribution in [0.2, 0.25) is 0 Å². The lowest BCUT2D eigenvalue weighted by atomic mass is 10.1. The summed E-state index contributed by atoms with van der Waals surface area (Å²) in [6.07, 6.45) is 0. The average Bonchev–Trinajstić information content (AvgIpc) is 3.16. The number of amides is 1. The van der Waals surface area contributed by atoms with Gasteiger partial charge < -0.3 is 9.64 Å². The van der Waals surface area contributed by atoms with Crippen LogP contribution in [0.15, 0.2) is 58.1 Å². The summed E-state index contributed by atoms with van der Waals surface area (Å²) < 4.78 is 33.5. The highest BCUT2D eigenvalue weighted by atomic mass is 32.2. The van der Waals surface area contributed by atoms with Crippen LogP contribution >= 0.6 is 11.3 Å². The number of anilines is 2. The zero-order valence-corrected chi connectivity index (χ0v) is 16.2. The SMILES string of the molecule is Cc1ccc2c(c1)N(C)C(=O)c1cc(NS(=O)(=O)c3cccs3)ccc1O2. The number of sulfonamides is 1. The number of thiophene rings is 1. The number of hydrogen-bond acceptors (Lipinski definition) is 5. The quantitative estimate of drug-likeness (QED) is 0.713. The van der Waals surface area contributed by atoms with Crippen molar-refractivity contribution in [2.45, 2.75) is 11.1 Å². The smallest absolute Gasteiger partial charge is 0.271 e. The molecule has 0 radical (unpaired) electrons. The Kier molecular flexibility index (Phi) is 4.16. The first kappa shape index (κ1) is 17.6. The number of ether oxygens (including phenoxy) is 1.